The van der Waals surface area contributed by atoms with E-state index < -0.39 is 42.2 Å². The number of nitrogens with one attached hydrogen (secondary N) is 1. The van der Waals surface area contributed by atoms with Crippen molar-refractivity contribution in [2.45, 2.75) is 32.0 Å². The molecule has 23 heavy (non-hydrogen) atoms. The van der Waals surface area contributed by atoms with E-state index in [1.54, 1.807) is 0 Å². The summed E-state index contributed by atoms with van der Waals surface area (Å²) in [5.41, 5.74) is -2.11. The lowest BCUT2D eigenvalue weighted by Crippen LogP contribution is -2.42. The number of hydrogen-bond acceptors (Lipinski definition) is 5. The Balaban J connectivity index is 3.21. The van der Waals surface area contributed by atoms with Crippen LogP contribution in [-0.2, 0) is 16.1 Å². The molecule has 11 heteroatoms. The molecule has 0 radical (unpaired) electrons. The molecule has 2 N–H and O–H groups in total. The molecule has 0 fully saturated rings. The number of nitrogens with zero attached hydrogens (tertiary/aromatic N) is 2. The third-order valence-electron chi connectivity index (χ3n) is 2.97. The Morgan fingerprint density at radius 3 is 2.48 bits per heavy atom. The van der Waals surface area contributed by atoms with E-state index in [9.17, 15) is 32.7 Å². The molecule has 1 rings (SSSR count). The molecule has 8 nitrogen and oxygen atoms in total. The first-order valence-corrected chi connectivity index (χ1v) is 6.36. The van der Waals surface area contributed by atoms with Gasteiger partial charge in [0.05, 0.1) is 18.2 Å². The molecule has 0 bridgehead atoms. The number of methoxy groups -OCH3 is 1. The zero-order valence-corrected chi connectivity index (χ0v) is 12.5. The predicted octanol–water partition coefficient (Wildman–Crippen LogP) is -0.417. The van der Waals surface area contributed by atoms with Crippen LogP contribution in [0.25, 0.3) is 0 Å². The second kappa shape index (κ2) is 6.96. The van der Waals surface area contributed by atoms with E-state index in [1.165, 1.54) is 14.0 Å². The summed E-state index contributed by atoms with van der Waals surface area (Å²) in [6.07, 6.45) is -6.42. The number of alkyl halides is 3. The largest absolute Gasteiger partial charge is 0.471 e. The summed E-state index contributed by atoms with van der Waals surface area (Å²) in [6.45, 7) is 0.648. The molecule has 0 saturated carbocycles. The molecule has 0 aliphatic rings. The van der Waals surface area contributed by atoms with Gasteiger partial charge >= 0.3 is 17.8 Å². The number of halogens is 3. The van der Waals surface area contributed by atoms with Crippen LogP contribution in [0, 0.1) is 0 Å². The van der Waals surface area contributed by atoms with Crippen molar-refractivity contribution in [3.8, 4) is 0 Å². The Kier molecular flexibility index (Phi) is 5.72. The van der Waals surface area contributed by atoms with Crippen LogP contribution in [0.4, 0.5) is 13.2 Å². The van der Waals surface area contributed by atoms with Crippen LogP contribution in [-0.4, -0.2) is 51.9 Å². The van der Waals surface area contributed by atoms with Crippen molar-refractivity contribution in [3.05, 3.63) is 32.6 Å². The summed E-state index contributed by atoms with van der Waals surface area (Å²) in [4.78, 5) is 36.7. The third kappa shape index (κ3) is 4.42. The number of rotatable bonds is 5. The highest BCUT2D eigenvalue weighted by atomic mass is 19.4. The van der Waals surface area contributed by atoms with Gasteiger partial charge in [-0.05, 0) is 6.92 Å². The lowest BCUT2D eigenvalue weighted by Gasteiger charge is -2.22. The summed E-state index contributed by atoms with van der Waals surface area (Å²) in [5, 5.41) is 9.54. The predicted molar refractivity (Wildman–Crippen MR) is 71.6 cm³/mol. The van der Waals surface area contributed by atoms with Gasteiger partial charge < -0.3 is 14.7 Å². The van der Waals surface area contributed by atoms with E-state index in [1.807, 2.05) is 4.98 Å². The van der Waals surface area contributed by atoms with E-state index >= 15 is 0 Å². The molecule has 0 aliphatic heterocycles. The zero-order valence-electron chi connectivity index (χ0n) is 12.5. The van der Waals surface area contributed by atoms with Crippen LogP contribution in [0.1, 0.15) is 18.7 Å². The van der Waals surface area contributed by atoms with Gasteiger partial charge in [-0.3, -0.25) is 19.1 Å². The number of aromatic amines is 1. The number of carbonyl (C=O) groups excluding carboxylic acids is 1. The molecule has 0 spiro atoms. The summed E-state index contributed by atoms with van der Waals surface area (Å²) in [6, 6.07) is 0. The fourth-order valence-corrected chi connectivity index (χ4v) is 1.92. The Bertz CT molecular complexity index is 680. The zero-order chi connectivity index (χ0) is 17.9. The first-order chi connectivity index (χ1) is 10.5. The van der Waals surface area contributed by atoms with E-state index in [2.05, 4.69) is 0 Å². The number of aliphatic hydroxyl groups is 1. The number of carbonyl (C=O) groups is 1. The van der Waals surface area contributed by atoms with Crippen LogP contribution in [0.2, 0.25) is 0 Å². The summed E-state index contributed by atoms with van der Waals surface area (Å²) in [5.74, 6) is -2.13. The van der Waals surface area contributed by atoms with Crippen LogP contribution in [0.5, 0.6) is 0 Å². The van der Waals surface area contributed by atoms with Gasteiger partial charge in [-0.2, -0.15) is 13.2 Å². The molecule has 1 unspecified atom stereocenters. The van der Waals surface area contributed by atoms with Crippen molar-refractivity contribution < 1.29 is 27.8 Å². The molecular weight excluding hydrogens is 323 g/mol. The van der Waals surface area contributed by atoms with Crippen molar-refractivity contribution in [3.63, 3.8) is 0 Å². The van der Waals surface area contributed by atoms with Gasteiger partial charge in [-0.1, -0.05) is 0 Å². The van der Waals surface area contributed by atoms with E-state index in [0.717, 1.165) is 17.8 Å². The lowest BCUT2D eigenvalue weighted by molar-refractivity contribution is -0.184. The maximum absolute atomic E-state index is 12.3. The highest BCUT2D eigenvalue weighted by Crippen LogP contribution is 2.18. The maximum atomic E-state index is 12.3. The average molecular weight is 339 g/mol. The quantitative estimate of drug-likeness (QED) is 0.758. The SMILES string of the molecule is CO[C@H](C(C)O)n1cc(CN(C)C(=O)C(F)(F)F)c(=O)[nH]c1=O. The Morgan fingerprint density at radius 2 is 2.04 bits per heavy atom. The van der Waals surface area contributed by atoms with Crippen molar-refractivity contribution in [2.24, 2.45) is 0 Å². The minimum Gasteiger partial charge on any atom is -0.389 e. The number of aromatic nitrogens is 2. The number of aliphatic hydroxyl groups excluding tert-OH is 1. The van der Waals surface area contributed by atoms with Crippen molar-refractivity contribution >= 4 is 5.91 Å². The fourth-order valence-electron chi connectivity index (χ4n) is 1.92. The summed E-state index contributed by atoms with van der Waals surface area (Å²) >= 11 is 0. The molecule has 0 aromatic carbocycles. The highest BCUT2D eigenvalue weighted by Gasteiger charge is 2.41. The number of H-pyrrole nitrogens is 1. The Labute approximate surface area is 128 Å². The number of ether oxygens (including phenoxy) is 1. The van der Waals surface area contributed by atoms with Gasteiger partial charge in [0.15, 0.2) is 6.23 Å². The molecule has 1 amide bonds. The standard InChI is InChI=1S/C12H16F3N3O5/c1-6(19)9(23-3)18-5-7(8(20)16-11(18)22)4-17(2)10(21)12(13,14)15/h5-6,9,19H,4H2,1-3H3,(H,16,20,22)/t6?,9-/m1/s1. The topological polar surface area (TPSA) is 105 Å². The molecule has 1 aromatic rings. The van der Waals surface area contributed by atoms with Crippen molar-refractivity contribution in [1.82, 2.24) is 14.5 Å². The monoisotopic (exact) mass is 339 g/mol. The first-order valence-electron chi connectivity index (χ1n) is 6.36. The maximum Gasteiger partial charge on any atom is 0.471 e. The van der Waals surface area contributed by atoms with Crippen LogP contribution in [0.15, 0.2) is 15.8 Å². The number of amides is 1. The van der Waals surface area contributed by atoms with Crippen molar-refractivity contribution in [1.29, 1.82) is 0 Å². The Morgan fingerprint density at radius 1 is 1.48 bits per heavy atom. The van der Waals surface area contributed by atoms with E-state index in [4.69, 9.17) is 4.74 Å². The molecule has 1 heterocycles. The first kappa shape index (κ1) is 18.9. The fraction of sp³-hybridized carbons (Fsp3) is 0.583. The second-order valence-corrected chi connectivity index (χ2v) is 4.85. The lowest BCUT2D eigenvalue weighted by atomic mass is 10.3. The summed E-state index contributed by atoms with van der Waals surface area (Å²) in [7, 11) is 2.07. The van der Waals surface area contributed by atoms with E-state index in [-0.39, 0.29) is 5.56 Å². The molecule has 1 aromatic heterocycles. The van der Waals surface area contributed by atoms with E-state index in [0.29, 0.717) is 4.90 Å². The molecule has 2 atom stereocenters. The van der Waals surface area contributed by atoms with Gasteiger partial charge in [-0.25, -0.2) is 4.79 Å². The van der Waals surface area contributed by atoms with Crippen LogP contribution >= 0.6 is 0 Å². The smallest absolute Gasteiger partial charge is 0.389 e. The van der Waals surface area contributed by atoms with Gasteiger partial charge in [-0.15, -0.1) is 0 Å². The second-order valence-electron chi connectivity index (χ2n) is 4.85. The highest BCUT2D eigenvalue weighted by molar-refractivity contribution is 5.81. The molecule has 0 aliphatic carbocycles. The number of hydrogen-bond donors (Lipinski definition) is 2. The van der Waals surface area contributed by atoms with Gasteiger partial charge in [0.1, 0.15) is 0 Å². The third-order valence-corrected chi connectivity index (χ3v) is 2.97. The summed E-state index contributed by atoms with van der Waals surface area (Å²) < 4.78 is 42.8. The minimum absolute atomic E-state index is 0.271. The van der Waals surface area contributed by atoms with Crippen molar-refractivity contribution in [2.75, 3.05) is 14.2 Å². The normalized spacial score (nSPS) is 14.4. The van der Waals surface area contributed by atoms with Gasteiger partial charge in [0, 0.05) is 20.4 Å². The van der Waals surface area contributed by atoms with Gasteiger partial charge in [0.2, 0.25) is 0 Å². The molecular formula is C12H16F3N3O5. The van der Waals surface area contributed by atoms with Gasteiger partial charge in [0.25, 0.3) is 5.56 Å². The van der Waals surface area contributed by atoms with Crippen LogP contribution in [0.3, 0.4) is 0 Å². The minimum atomic E-state index is -5.08. The molecule has 130 valence electrons. The van der Waals surface area contributed by atoms with Crippen LogP contribution < -0.4 is 11.2 Å². The molecule has 0 saturated heterocycles. The Hall–Kier alpha value is -2.14. The average Bonchev–Trinajstić information content (AvgIpc) is 2.41.